The fourth-order valence-corrected chi connectivity index (χ4v) is 3.47. The van der Waals surface area contributed by atoms with Crippen LogP contribution in [0.15, 0.2) is 30.5 Å². The van der Waals surface area contributed by atoms with E-state index < -0.39 is 17.0 Å². The van der Waals surface area contributed by atoms with E-state index >= 15 is 0 Å². The number of nitrogens with one attached hydrogen (secondary N) is 2. The van der Waals surface area contributed by atoms with Crippen LogP contribution in [0.5, 0.6) is 0 Å². The molecular formula is C21H30FN3O2. The molecule has 148 valence electrons. The molecule has 0 fully saturated rings. The normalized spacial score (nSPS) is 14.0. The van der Waals surface area contributed by atoms with E-state index in [1.807, 2.05) is 20.8 Å². The number of nitrogens with zero attached hydrogens (tertiary/aromatic N) is 1. The number of carbonyl (C=O) groups is 1. The molecule has 6 heteroatoms. The highest BCUT2D eigenvalue weighted by Crippen LogP contribution is 2.42. The predicted molar refractivity (Wildman–Crippen MR) is 105 cm³/mol. The van der Waals surface area contributed by atoms with E-state index in [4.69, 9.17) is 4.98 Å². The lowest BCUT2D eigenvalue weighted by Crippen LogP contribution is -2.54. The molecule has 3 N–H and O–H groups in total. The Morgan fingerprint density at radius 2 is 1.85 bits per heavy atom. The summed E-state index contributed by atoms with van der Waals surface area (Å²) in [5, 5.41) is 12.3. The Labute approximate surface area is 160 Å². The maximum Gasteiger partial charge on any atom is 0.405 e. The molecule has 27 heavy (non-hydrogen) atoms. The van der Waals surface area contributed by atoms with Crippen molar-refractivity contribution in [3.63, 3.8) is 0 Å². The first-order chi connectivity index (χ1) is 12.7. The van der Waals surface area contributed by atoms with Gasteiger partial charge in [0.25, 0.3) is 0 Å². The smallest absolute Gasteiger partial charge is 0.405 e. The first kappa shape index (κ1) is 20.9. The number of H-pyrrole nitrogens is 1. The summed E-state index contributed by atoms with van der Waals surface area (Å²) in [4.78, 5) is 19.5. The summed E-state index contributed by atoms with van der Waals surface area (Å²) in [5.74, 6) is 0.287. The maximum absolute atomic E-state index is 13.2. The van der Waals surface area contributed by atoms with Crippen molar-refractivity contribution in [3.8, 4) is 11.3 Å². The average molecular weight is 375 g/mol. The van der Waals surface area contributed by atoms with Crippen molar-refractivity contribution in [1.29, 1.82) is 0 Å². The minimum Gasteiger partial charge on any atom is -0.465 e. The quantitative estimate of drug-likeness (QED) is 0.518. The van der Waals surface area contributed by atoms with E-state index in [0.29, 0.717) is 17.9 Å². The number of benzene rings is 1. The lowest BCUT2D eigenvalue weighted by molar-refractivity contribution is 0.0994. The standard InChI is InChI=1S/C21H30FN3O2/c1-5-6-7-8-13-21(20(2,3)4,25-19(26)27)18-23-14-17(24-18)15-9-11-16(22)12-10-15/h9-12,14,25H,5-8,13H2,1-4H3,(H,23,24)(H,26,27). The number of carboxylic acid groups (broad SMARTS) is 1. The van der Waals surface area contributed by atoms with Crippen LogP contribution in [0.2, 0.25) is 0 Å². The zero-order chi connectivity index (χ0) is 20.1. The van der Waals surface area contributed by atoms with Crippen LogP contribution in [-0.2, 0) is 5.54 Å². The summed E-state index contributed by atoms with van der Waals surface area (Å²) < 4.78 is 13.2. The summed E-state index contributed by atoms with van der Waals surface area (Å²) >= 11 is 0. The van der Waals surface area contributed by atoms with Crippen LogP contribution in [0.1, 0.15) is 65.6 Å². The second-order valence-corrected chi connectivity index (χ2v) is 8.04. The summed E-state index contributed by atoms with van der Waals surface area (Å²) in [6.45, 7) is 8.20. The lowest BCUT2D eigenvalue weighted by atomic mass is 9.70. The molecule has 0 spiro atoms. The highest BCUT2D eigenvalue weighted by molar-refractivity contribution is 5.66. The Hall–Kier alpha value is -2.37. The third-order valence-corrected chi connectivity index (χ3v) is 5.13. The van der Waals surface area contributed by atoms with Crippen LogP contribution < -0.4 is 5.32 Å². The van der Waals surface area contributed by atoms with Gasteiger partial charge in [-0.1, -0.05) is 53.4 Å². The molecular weight excluding hydrogens is 345 g/mol. The average Bonchev–Trinajstić information content (AvgIpc) is 3.07. The van der Waals surface area contributed by atoms with Crippen molar-refractivity contribution in [2.75, 3.05) is 0 Å². The Morgan fingerprint density at radius 3 is 2.41 bits per heavy atom. The van der Waals surface area contributed by atoms with Crippen molar-refractivity contribution in [1.82, 2.24) is 15.3 Å². The number of amides is 1. The van der Waals surface area contributed by atoms with E-state index in [1.165, 1.54) is 12.1 Å². The highest BCUT2D eigenvalue weighted by atomic mass is 19.1. The van der Waals surface area contributed by atoms with Gasteiger partial charge in [-0.2, -0.15) is 0 Å². The first-order valence-electron chi connectivity index (χ1n) is 9.52. The van der Waals surface area contributed by atoms with Crippen molar-refractivity contribution in [3.05, 3.63) is 42.1 Å². The maximum atomic E-state index is 13.2. The third-order valence-electron chi connectivity index (χ3n) is 5.13. The zero-order valence-corrected chi connectivity index (χ0v) is 16.6. The molecule has 0 saturated heterocycles. The van der Waals surface area contributed by atoms with Gasteiger partial charge in [-0.3, -0.25) is 0 Å². The minimum atomic E-state index is -1.07. The molecule has 0 aliphatic heterocycles. The number of hydrogen-bond acceptors (Lipinski definition) is 2. The van der Waals surface area contributed by atoms with E-state index in [9.17, 15) is 14.3 Å². The van der Waals surface area contributed by atoms with Crippen molar-refractivity contribution < 1.29 is 14.3 Å². The van der Waals surface area contributed by atoms with Crippen molar-refractivity contribution >= 4 is 6.09 Å². The number of hydrogen-bond donors (Lipinski definition) is 3. The van der Waals surface area contributed by atoms with Crippen LogP contribution in [-0.4, -0.2) is 21.2 Å². The van der Waals surface area contributed by atoms with Crippen LogP contribution >= 0.6 is 0 Å². The molecule has 0 bridgehead atoms. The van der Waals surface area contributed by atoms with Crippen LogP contribution in [0.25, 0.3) is 11.3 Å². The molecule has 1 aromatic heterocycles. The molecule has 0 radical (unpaired) electrons. The van der Waals surface area contributed by atoms with Gasteiger partial charge in [0.05, 0.1) is 5.69 Å². The Balaban J connectivity index is 2.42. The molecule has 2 aromatic rings. The largest absolute Gasteiger partial charge is 0.465 e. The molecule has 1 atom stereocenters. The van der Waals surface area contributed by atoms with Gasteiger partial charge < -0.3 is 15.4 Å². The Bertz CT molecular complexity index is 750. The molecule has 1 aromatic carbocycles. The second-order valence-electron chi connectivity index (χ2n) is 8.04. The molecule has 1 unspecified atom stereocenters. The number of aromatic amines is 1. The van der Waals surface area contributed by atoms with Gasteiger partial charge in [-0.25, -0.2) is 14.2 Å². The first-order valence-corrected chi connectivity index (χ1v) is 9.52. The second kappa shape index (κ2) is 8.55. The minimum absolute atomic E-state index is 0.304. The Morgan fingerprint density at radius 1 is 1.19 bits per heavy atom. The molecule has 2 rings (SSSR count). The summed E-state index contributed by atoms with van der Waals surface area (Å²) in [6, 6.07) is 6.11. The number of unbranched alkanes of at least 4 members (excludes halogenated alkanes) is 3. The number of halogens is 1. The van der Waals surface area contributed by atoms with Gasteiger partial charge in [0.15, 0.2) is 0 Å². The number of imidazole rings is 1. The monoisotopic (exact) mass is 375 g/mol. The van der Waals surface area contributed by atoms with Gasteiger partial charge in [0, 0.05) is 11.8 Å². The zero-order valence-electron chi connectivity index (χ0n) is 16.6. The van der Waals surface area contributed by atoms with Crippen LogP contribution in [0.4, 0.5) is 9.18 Å². The fourth-order valence-electron chi connectivity index (χ4n) is 3.47. The number of rotatable bonds is 8. The van der Waals surface area contributed by atoms with Crippen molar-refractivity contribution in [2.24, 2.45) is 5.41 Å². The van der Waals surface area contributed by atoms with Gasteiger partial charge in [0.1, 0.15) is 17.2 Å². The van der Waals surface area contributed by atoms with E-state index in [1.54, 1.807) is 18.3 Å². The Kier molecular flexibility index (Phi) is 6.63. The fraction of sp³-hybridized carbons (Fsp3) is 0.524. The van der Waals surface area contributed by atoms with Crippen LogP contribution in [0.3, 0.4) is 0 Å². The molecule has 1 heterocycles. The summed E-state index contributed by atoms with van der Waals surface area (Å²) in [5.41, 5.74) is 0.211. The van der Waals surface area contributed by atoms with Gasteiger partial charge in [-0.15, -0.1) is 0 Å². The third kappa shape index (κ3) is 4.87. The molecule has 0 saturated carbocycles. The number of aromatic nitrogens is 2. The SMILES string of the molecule is CCCCCCC(NC(=O)O)(c1nc(-c2ccc(F)cc2)c[nH]1)C(C)(C)C. The van der Waals surface area contributed by atoms with E-state index in [-0.39, 0.29) is 5.82 Å². The molecule has 0 aliphatic rings. The molecule has 0 aliphatic carbocycles. The van der Waals surface area contributed by atoms with Gasteiger partial charge >= 0.3 is 6.09 Å². The van der Waals surface area contributed by atoms with Crippen LogP contribution in [0, 0.1) is 11.2 Å². The lowest BCUT2D eigenvalue weighted by Gasteiger charge is -2.43. The predicted octanol–water partition coefficient (Wildman–Crippen LogP) is 5.70. The van der Waals surface area contributed by atoms with Crippen molar-refractivity contribution in [2.45, 2.75) is 65.3 Å². The summed E-state index contributed by atoms with van der Waals surface area (Å²) in [6.07, 6.45) is 5.51. The van der Waals surface area contributed by atoms with Gasteiger partial charge in [0.2, 0.25) is 0 Å². The molecule has 5 nitrogen and oxygen atoms in total. The van der Waals surface area contributed by atoms with E-state index in [0.717, 1.165) is 31.2 Å². The summed E-state index contributed by atoms with van der Waals surface area (Å²) in [7, 11) is 0. The highest BCUT2D eigenvalue weighted by Gasteiger charge is 2.46. The van der Waals surface area contributed by atoms with Gasteiger partial charge in [-0.05, 0) is 36.1 Å². The molecule has 1 amide bonds. The van der Waals surface area contributed by atoms with E-state index in [2.05, 4.69) is 17.2 Å². The topological polar surface area (TPSA) is 78.0 Å².